The zero-order chi connectivity index (χ0) is 17.1. The minimum absolute atomic E-state index is 0.418. The molecule has 0 saturated carbocycles. The normalized spacial score (nSPS) is 10.5. The number of carbonyl (C=O) groups excluding carboxylic acids is 1. The standard InChI is InChI=1S/C16H13ClF3NO2/c1-8-5-10(6-9(2)14(8)17)23-7-13(22)21-12-4-3-11(18)15(19)16(12)20/h3-6H,7H2,1-2H3,(H,21,22). The number of carbonyl (C=O) groups is 1. The van der Waals surface area contributed by atoms with Crippen molar-refractivity contribution >= 4 is 23.2 Å². The number of halogens is 4. The van der Waals surface area contributed by atoms with Crippen LogP contribution in [0.2, 0.25) is 5.02 Å². The molecule has 7 heteroatoms. The average Bonchev–Trinajstić information content (AvgIpc) is 2.51. The van der Waals surface area contributed by atoms with Crippen LogP contribution in [-0.2, 0) is 4.79 Å². The fourth-order valence-corrected chi connectivity index (χ4v) is 2.06. The number of benzene rings is 2. The molecule has 0 heterocycles. The Balaban J connectivity index is 2.02. The molecule has 0 unspecified atom stereocenters. The maximum absolute atomic E-state index is 13.5. The number of rotatable bonds is 4. The molecular formula is C16H13ClF3NO2. The molecular weight excluding hydrogens is 331 g/mol. The molecule has 3 nitrogen and oxygen atoms in total. The van der Waals surface area contributed by atoms with E-state index in [1.54, 1.807) is 26.0 Å². The van der Waals surface area contributed by atoms with Crippen LogP contribution < -0.4 is 10.1 Å². The van der Waals surface area contributed by atoms with Crippen LogP contribution in [0.3, 0.4) is 0 Å². The van der Waals surface area contributed by atoms with Crippen LogP contribution in [0, 0.1) is 31.3 Å². The molecule has 1 N–H and O–H groups in total. The summed E-state index contributed by atoms with van der Waals surface area (Å²) in [6, 6.07) is 4.96. The van der Waals surface area contributed by atoms with Gasteiger partial charge in [0.2, 0.25) is 0 Å². The van der Waals surface area contributed by atoms with Gasteiger partial charge in [0.25, 0.3) is 5.91 Å². The summed E-state index contributed by atoms with van der Waals surface area (Å²) < 4.78 is 44.6. The number of anilines is 1. The van der Waals surface area contributed by atoms with E-state index in [4.69, 9.17) is 16.3 Å². The summed E-state index contributed by atoms with van der Waals surface area (Å²) in [4.78, 5) is 11.7. The van der Waals surface area contributed by atoms with Gasteiger partial charge in [-0.3, -0.25) is 4.79 Å². The van der Waals surface area contributed by atoms with E-state index in [9.17, 15) is 18.0 Å². The van der Waals surface area contributed by atoms with Gasteiger partial charge in [-0.05, 0) is 49.2 Å². The van der Waals surface area contributed by atoms with E-state index in [1.165, 1.54) is 0 Å². The van der Waals surface area contributed by atoms with E-state index in [0.717, 1.165) is 23.3 Å². The van der Waals surface area contributed by atoms with Crippen molar-refractivity contribution in [2.75, 3.05) is 11.9 Å². The second-order valence-corrected chi connectivity index (χ2v) is 5.31. The molecule has 0 aliphatic carbocycles. The molecule has 0 bridgehead atoms. The molecule has 0 radical (unpaired) electrons. The van der Waals surface area contributed by atoms with Crippen molar-refractivity contribution in [3.05, 3.63) is 57.9 Å². The van der Waals surface area contributed by atoms with Gasteiger partial charge >= 0.3 is 0 Å². The van der Waals surface area contributed by atoms with Gasteiger partial charge < -0.3 is 10.1 Å². The first-order valence-electron chi connectivity index (χ1n) is 6.62. The molecule has 0 atom stereocenters. The van der Waals surface area contributed by atoms with Crippen molar-refractivity contribution in [2.24, 2.45) is 0 Å². The van der Waals surface area contributed by atoms with Gasteiger partial charge in [-0.1, -0.05) is 11.6 Å². The maximum Gasteiger partial charge on any atom is 0.262 e. The van der Waals surface area contributed by atoms with Crippen molar-refractivity contribution in [1.29, 1.82) is 0 Å². The summed E-state index contributed by atoms with van der Waals surface area (Å²) in [5, 5.41) is 2.72. The SMILES string of the molecule is Cc1cc(OCC(=O)Nc2ccc(F)c(F)c2F)cc(C)c1Cl. The third-order valence-electron chi connectivity index (χ3n) is 3.09. The predicted molar refractivity (Wildman–Crippen MR) is 81.4 cm³/mol. The first-order chi connectivity index (χ1) is 10.8. The second kappa shape index (κ2) is 6.91. The summed E-state index contributed by atoms with van der Waals surface area (Å²) >= 11 is 6.02. The zero-order valence-electron chi connectivity index (χ0n) is 12.3. The quantitative estimate of drug-likeness (QED) is 0.836. The van der Waals surface area contributed by atoms with Gasteiger partial charge in [-0.25, -0.2) is 13.2 Å². The first kappa shape index (κ1) is 17.1. The highest BCUT2D eigenvalue weighted by Gasteiger charge is 2.15. The van der Waals surface area contributed by atoms with E-state index in [0.29, 0.717) is 10.8 Å². The van der Waals surface area contributed by atoms with Gasteiger partial charge in [0, 0.05) is 5.02 Å². The first-order valence-corrected chi connectivity index (χ1v) is 7.00. The van der Waals surface area contributed by atoms with Crippen molar-refractivity contribution in [3.8, 4) is 5.75 Å². The molecule has 0 aromatic heterocycles. The van der Waals surface area contributed by atoms with Crippen molar-refractivity contribution in [1.82, 2.24) is 0 Å². The second-order valence-electron chi connectivity index (χ2n) is 4.93. The molecule has 23 heavy (non-hydrogen) atoms. The zero-order valence-corrected chi connectivity index (χ0v) is 13.1. The number of nitrogens with one attached hydrogen (secondary N) is 1. The molecule has 122 valence electrons. The molecule has 2 aromatic rings. The Hall–Kier alpha value is -2.21. The highest BCUT2D eigenvalue weighted by atomic mass is 35.5. The topological polar surface area (TPSA) is 38.3 Å². The number of aryl methyl sites for hydroxylation is 2. The molecule has 0 spiro atoms. The van der Waals surface area contributed by atoms with Gasteiger partial charge in [-0.2, -0.15) is 0 Å². The van der Waals surface area contributed by atoms with Gasteiger partial charge in [0.05, 0.1) is 5.69 Å². The fraction of sp³-hybridized carbons (Fsp3) is 0.188. The number of hydrogen-bond acceptors (Lipinski definition) is 2. The Labute approximate surface area is 136 Å². The van der Waals surface area contributed by atoms with Crippen molar-refractivity contribution in [2.45, 2.75) is 13.8 Å². The van der Waals surface area contributed by atoms with Crippen LogP contribution in [0.15, 0.2) is 24.3 Å². The summed E-state index contributed by atoms with van der Waals surface area (Å²) in [7, 11) is 0. The smallest absolute Gasteiger partial charge is 0.262 e. The Morgan fingerprint density at radius 3 is 2.35 bits per heavy atom. The van der Waals surface area contributed by atoms with Crippen LogP contribution in [0.1, 0.15) is 11.1 Å². The lowest BCUT2D eigenvalue weighted by Crippen LogP contribution is -2.21. The van der Waals surface area contributed by atoms with Crippen LogP contribution in [-0.4, -0.2) is 12.5 Å². The molecule has 0 aliphatic heterocycles. The number of amides is 1. The van der Waals surface area contributed by atoms with Crippen molar-refractivity contribution < 1.29 is 22.7 Å². The minimum Gasteiger partial charge on any atom is -0.484 e. The average molecular weight is 344 g/mol. The minimum atomic E-state index is -1.65. The third-order valence-corrected chi connectivity index (χ3v) is 3.69. The number of ether oxygens (including phenoxy) is 1. The van der Waals surface area contributed by atoms with Crippen LogP contribution in [0.4, 0.5) is 18.9 Å². The van der Waals surface area contributed by atoms with E-state index in [1.807, 2.05) is 0 Å². The lowest BCUT2D eigenvalue weighted by atomic mass is 10.1. The monoisotopic (exact) mass is 343 g/mol. The van der Waals surface area contributed by atoms with E-state index in [2.05, 4.69) is 5.32 Å². The Bertz CT molecular complexity index is 742. The highest BCUT2D eigenvalue weighted by Crippen LogP contribution is 2.26. The largest absolute Gasteiger partial charge is 0.484 e. The molecule has 0 aliphatic rings. The van der Waals surface area contributed by atoms with E-state index in [-0.39, 0.29) is 0 Å². The summed E-state index contributed by atoms with van der Waals surface area (Å²) in [6.45, 7) is 3.16. The molecule has 2 rings (SSSR count). The third kappa shape index (κ3) is 3.96. The molecule has 1 amide bonds. The van der Waals surface area contributed by atoms with Gasteiger partial charge in [0.1, 0.15) is 5.75 Å². The summed E-state index contributed by atoms with van der Waals surface area (Å²) in [5.74, 6) is -4.72. The number of hydrogen-bond donors (Lipinski definition) is 1. The maximum atomic E-state index is 13.5. The highest BCUT2D eigenvalue weighted by molar-refractivity contribution is 6.32. The van der Waals surface area contributed by atoms with Gasteiger partial charge in [0.15, 0.2) is 24.1 Å². The van der Waals surface area contributed by atoms with E-state index >= 15 is 0 Å². The lowest BCUT2D eigenvalue weighted by molar-refractivity contribution is -0.118. The molecule has 2 aromatic carbocycles. The summed E-state index contributed by atoms with van der Waals surface area (Å²) in [5.41, 5.74) is 1.11. The van der Waals surface area contributed by atoms with Crippen LogP contribution in [0.5, 0.6) is 5.75 Å². The van der Waals surface area contributed by atoms with Crippen LogP contribution >= 0.6 is 11.6 Å². The van der Waals surface area contributed by atoms with Gasteiger partial charge in [-0.15, -0.1) is 0 Å². The summed E-state index contributed by atoms with van der Waals surface area (Å²) in [6.07, 6.45) is 0. The lowest BCUT2D eigenvalue weighted by Gasteiger charge is -2.11. The molecule has 0 saturated heterocycles. The predicted octanol–water partition coefficient (Wildman–Crippen LogP) is 4.39. The van der Waals surface area contributed by atoms with Crippen LogP contribution in [0.25, 0.3) is 0 Å². The Morgan fingerprint density at radius 2 is 1.74 bits per heavy atom. The fourth-order valence-electron chi connectivity index (χ4n) is 1.95. The Morgan fingerprint density at radius 1 is 1.13 bits per heavy atom. The van der Waals surface area contributed by atoms with E-state index < -0.39 is 35.7 Å². The Kier molecular flexibility index (Phi) is 5.15. The van der Waals surface area contributed by atoms with Crippen molar-refractivity contribution in [3.63, 3.8) is 0 Å². The molecule has 0 fully saturated rings.